The van der Waals surface area contributed by atoms with Crippen LogP contribution in [0.3, 0.4) is 0 Å². The Kier molecular flexibility index (Phi) is 7.43. The Hall–Kier alpha value is -3.53. The molecule has 2 aromatic carbocycles. The number of anilines is 1. The van der Waals surface area contributed by atoms with Crippen LogP contribution in [0.5, 0.6) is 11.5 Å². The second-order valence-electron chi connectivity index (χ2n) is 6.13. The van der Waals surface area contributed by atoms with Crippen molar-refractivity contribution in [2.75, 3.05) is 19.5 Å². The maximum Gasteiger partial charge on any atom is 0.296 e. The van der Waals surface area contributed by atoms with E-state index >= 15 is 0 Å². The molecule has 0 bridgehead atoms. The van der Waals surface area contributed by atoms with Gasteiger partial charge in [-0.2, -0.15) is 5.11 Å². The average Bonchev–Trinajstić information content (AvgIpc) is 2.70. The topological polar surface area (TPSA) is 132 Å². The molecule has 0 aliphatic rings. The number of carbonyl (C=O) groups is 2. The molecular formula is C19H19ClN4O6. The molecule has 2 rings (SSSR count). The quantitative estimate of drug-likeness (QED) is 0.285. The lowest BCUT2D eigenvalue weighted by Crippen LogP contribution is -2.32. The van der Waals surface area contributed by atoms with Crippen LogP contribution in [0.25, 0.3) is 0 Å². The number of nitro groups is 1. The van der Waals surface area contributed by atoms with Gasteiger partial charge in [-0.15, -0.1) is 5.11 Å². The number of Topliss-reactive ketones (excluding diaryl/α,β-unsaturated/α-hetero) is 1. The molecule has 0 aromatic heterocycles. The molecule has 30 heavy (non-hydrogen) atoms. The summed E-state index contributed by atoms with van der Waals surface area (Å²) >= 11 is 6.23. The van der Waals surface area contributed by atoms with Crippen molar-refractivity contribution in [3.05, 3.63) is 51.0 Å². The van der Waals surface area contributed by atoms with Gasteiger partial charge >= 0.3 is 0 Å². The molecule has 2 aromatic rings. The first-order valence-corrected chi connectivity index (χ1v) is 8.95. The first kappa shape index (κ1) is 22.8. The number of nitro benzene ring substituents is 1. The number of benzene rings is 2. The Bertz CT molecular complexity index is 1020. The number of halogens is 1. The summed E-state index contributed by atoms with van der Waals surface area (Å²) in [4.78, 5) is 35.3. The third-order valence-electron chi connectivity index (χ3n) is 4.00. The van der Waals surface area contributed by atoms with Crippen molar-refractivity contribution in [3.8, 4) is 11.5 Å². The van der Waals surface area contributed by atoms with Crippen LogP contribution in [0.2, 0.25) is 5.02 Å². The zero-order valence-corrected chi connectivity index (χ0v) is 17.4. The van der Waals surface area contributed by atoms with Crippen molar-refractivity contribution in [2.45, 2.75) is 19.9 Å². The summed E-state index contributed by atoms with van der Waals surface area (Å²) < 4.78 is 10.3. The van der Waals surface area contributed by atoms with E-state index in [1.54, 1.807) is 19.1 Å². The van der Waals surface area contributed by atoms with E-state index in [1.165, 1.54) is 32.4 Å². The van der Waals surface area contributed by atoms with Gasteiger partial charge in [0.15, 0.2) is 11.5 Å². The van der Waals surface area contributed by atoms with Crippen LogP contribution >= 0.6 is 11.6 Å². The van der Waals surface area contributed by atoms with Crippen molar-refractivity contribution in [3.63, 3.8) is 0 Å². The van der Waals surface area contributed by atoms with Crippen LogP contribution in [0, 0.1) is 17.0 Å². The fourth-order valence-corrected chi connectivity index (χ4v) is 2.76. The highest BCUT2D eigenvalue weighted by Crippen LogP contribution is 2.39. The molecule has 10 nitrogen and oxygen atoms in total. The Balaban J connectivity index is 2.37. The summed E-state index contributed by atoms with van der Waals surface area (Å²) in [7, 11) is 2.78. The molecule has 158 valence electrons. The largest absolute Gasteiger partial charge is 0.495 e. The first-order chi connectivity index (χ1) is 14.2. The zero-order chi connectivity index (χ0) is 22.4. The van der Waals surface area contributed by atoms with Crippen LogP contribution in [-0.4, -0.2) is 36.9 Å². The lowest BCUT2D eigenvalue weighted by Gasteiger charge is -2.15. The number of hydrogen-bond acceptors (Lipinski definition) is 8. The predicted molar refractivity (Wildman–Crippen MR) is 110 cm³/mol. The fraction of sp³-hybridized carbons (Fsp3) is 0.263. The number of ether oxygens (including phenoxy) is 2. The number of nitrogens with zero attached hydrogens (tertiary/aromatic N) is 3. The number of amides is 1. The molecular weight excluding hydrogens is 416 g/mol. The number of aryl methyl sites for hydroxylation is 1. The van der Waals surface area contributed by atoms with E-state index < -0.39 is 22.7 Å². The van der Waals surface area contributed by atoms with Gasteiger partial charge in [-0.1, -0.05) is 17.7 Å². The van der Waals surface area contributed by atoms with Gasteiger partial charge in [0.2, 0.25) is 6.04 Å². The molecule has 0 fully saturated rings. The summed E-state index contributed by atoms with van der Waals surface area (Å²) in [5.74, 6) is -0.940. The molecule has 0 radical (unpaired) electrons. The maximum atomic E-state index is 12.7. The van der Waals surface area contributed by atoms with E-state index in [0.29, 0.717) is 5.56 Å². The predicted octanol–water partition coefficient (Wildman–Crippen LogP) is 4.25. The van der Waals surface area contributed by atoms with Crippen LogP contribution in [0.1, 0.15) is 12.5 Å². The molecule has 0 spiro atoms. The highest BCUT2D eigenvalue weighted by atomic mass is 35.5. The van der Waals surface area contributed by atoms with Gasteiger partial charge in [-0.25, -0.2) is 0 Å². The molecule has 0 saturated heterocycles. The van der Waals surface area contributed by atoms with Crippen molar-refractivity contribution in [1.82, 2.24) is 0 Å². The van der Waals surface area contributed by atoms with E-state index in [-0.39, 0.29) is 33.6 Å². The highest BCUT2D eigenvalue weighted by Gasteiger charge is 2.26. The van der Waals surface area contributed by atoms with Gasteiger partial charge in [0.1, 0.15) is 22.2 Å². The monoisotopic (exact) mass is 434 g/mol. The lowest BCUT2D eigenvalue weighted by molar-refractivity contribution is -0.384. The minimum absolute atomic E-state index is 0.0682. The second-order valence-corrected chi connectivity index (χ2v) is 6.50. The first-order valence-electron chi connectivity index (χ1n) is 8.57. The number of rotatable bonds is 8. The second kappa shape index (κ2) is 9.79. The van der Waals surface area contributed by atoms with Crippen molar-refractivity contribution in [2.24, 2.45) is 10.2 Å². The SMILES string of the molecule is COc1ccc(OC)c(NC(=O)C(N=Nc2ccc(C)cc2[N+](=O)[O-])C(C)=O)c1Cl. The number of nitrogens with one attached hydrogen (secondary N) is 1. The van der Waals surface area contributed by atoms with E-state index in [2.05, 4.69) is 15.5 Å². The van der Waals surface area contributed by atoms with Crippen molar-refractivity contribution >= 4 is 40.4 Å². The summed E-state index contributed by atoms with van der Waals surface area (Å²) in [5.41, 5.74) is 0.369. The van der Waals surface area contributed by atoms with Crippen molar-refractivity contribution < 1.29 is 24.0 Å². The third-order valence-corrected chi connectivity index (χ3v) is 4.37. The smallest absolute Gasteiger partial charge is 0.296 e. The molecule has 1 amide bonds. The van der Waals surface area contributed by atoms with E-state index in [1.807, 2.05) is 0 Å². The molecule has 0 aliphatic carbocycles. The Morgan fingerprint density at radius 1 is 1.17 bits per heavy atom. The Morgan fingerprint density at radius 2 is 1.80 bits per heavy atom. The average molecular weight is 435 g/mol. The molecule has 1 unspecified atom stereocenters. The van der Waals surface area contributed by atoms with Gasteiger partial charge in [-0.05, 0) is 37.6 Å². The van der Waals surface area contributed by atoms with Gasteiger partial charge in [-0.3, -0.25) is 19.7 Å². The maximum absolute atomic E-state index is 12.7. The van der Waals surface area contributed by atoms with E-state index in [4.69, 9.17) is 21.1 Å². The van der Waals surface area contributed by atoms with Gasteiger partial charge in [0, 0.05) is 6.07 Å². The highest BCUT2D eigenvalue weighted by molar-refractivity contribution is 6.35. The normalized spacial score (nSPS) is 11.8. The molecule has 1 atom stereocenters. The molecule has 11 heteroatoms. The fourth-order valence-electron chi connectivity index (χ4n) is 2.48. The summed E-state index contributed by atoms with van der Waals surface area (Å²) in [6, 6.07) is 5.82. The number of methoxy groups -OCH3 is 2. The van der Waals surface area contributed by atoms with E-state index in [9.17, 15) is 19.7 Å². The summed E-state index contributed by atoms with van der Waals surface area (Å²) in [6.45, 7) is 2.84. The van der Waals surface area contributed by atoms with Crippen molar-refractivity contribution in [1.29, 1.82) is 0 Å². The zero-order valence-electron chi connectivity index (χ0n) is 16.6. The molecule has 0 saturated carbocycles. The molecule has 0 aliphatic heterocycles. The minimum Gasteiger partial charge on any atom is -0.495 e. The summed E-state index contributed by atoms with van der Waals surface area (Å²) in [5, 5.41) is 21.3. The number of hydrogen-bond donors (Lipinski definition) is 1. The number of ketones is 1. The van der Waals surface area contributed by atoms with Crippen LogP contribution in [-0.2, 0) is 9.59 Å². The van der Waals surface area contributed by atoms with Crippen LogP contribution in [0.15, 0.2) is 40.6 Å². The van der Waals surface area contributed by atoms with Gasteiger partial charge < -0.3 is 14.8 Å². The number of carbonyl (C=O) groups excluding carboxylic acids is 2. The third kappa shape index (κ3) is 5.09. The molecule has 0 heterocycles. The van der Waals surface area contributed by atoms with Gasteiger partial charge in [0.25, 0.3) is 11.6 Å². The molecule has 1 N–H and O–H groups in total. The lowest BCUT2D eigenvalue weighted by atomic mass is 10.2. The minimum atomic E-state index is -1.56. The van der Waals surface area contributed by atoms with Crippen LogP contribution < -0.4 is 14.8 Å². The standard InChI is InChI=1S/C19H19ClN4O6/c1-10-5-6-12(13(9-10)24(27)28)22-23-17(11(2)25)19(26)21-18-15(30-4)8-7-14(29-3)16(18)20/h5-9,17H,1-4H3,(H,21,26). The summed E-state index contributed by atoms with van der Waals surface area (Å²) in [6.07, 6.45) is 0. The number of azo groups is 1. The van der Waals surface area contributed by atoms with Crippen LogP contribution in [0.4, 0.5) is 17.1 Å². The Labute approximate surface area is 177 Å². The van der Waals surface area contributed by atoms with Gasteiger partial charge in [0.05, 0.1) is 19.1 Å². The Morgan fingerprint density at radius 3 is 2.37 bits per heavy atom. The van der Waals surface area contributed by atoms with E-state index in [0.717, 1.165) is 6.92 Å².